The van der Waals surface area contributed by atoms with Gasteiger partial charge in [0.15, 0.2) is 0 Å². The van der Waals surface area contributed by atoms with E-state index in [1.165, 1.54) is 32.4 Å². The number of piperazine rings is 1. The molecular formula is C15H32N2O. The Labute approximate surface area is 113 Å². The maximum absolute atomic E-state index is 5.46. The van der Waals surface area contributed by atoms with Gasteiger partial charge in [-0.3, -0.25) is 4.90 Å². The highest BCUT2D eigenvalue weighted by Crippen LogP contribution is 2.23. The van der Waals surface area contributed by atoms with Crippen molar-refractivity contribution in [2.24, 2.45) is 0 Å². The second-order valence-corrected chi connectivity index (χ2v) is 5.45. The molecule has 1 heterocycles. The molecule has 1 rings (SSSR count). The predicted molar refractivity (Wildman–Crippen MR) is 78.1 cm³/mol. The van der Waals surface area contributed by atoms with Gasteiger partial charge in [-0.2, -0.15) is 0 Å². The predicted octanol–water partition coefficient (Wildman–Crippen LogP) is 2.66. The molecule has 1 fully saturated rings. The average molecular weight is 256 g/mol. The van der Waals surface area contributed by atoms with Crippen LogP contribution in [0.5, 0.6) is 0 Å². The summed E-state index contributed by atoms with van der Waals surface area (Å²) in [6, 6.07) is 0.706. The van der Waals surface area contributed by atoms with Gasteiger partial charge in [-0.05, 0) is 32.6 Å². The van der Waals surface area contributed by atoms with E-state index in [1.54, 1.807) is 0 Å². The molecule has 1 N–H and O–H groups in total. The van der Waals surface area contributed by atoms with Crippen molar-refractivity contribution in [2.75, 3.05) is 32.8 Å². The molecule has 0 saturated carbocycles. The molecule has 0 aromatic carbocycles. The zero-order chi connectivity index (χ0) is 13.4. The highest BCUT2D eigenvalue weighted by atomic mass is 16.5. The van der Waals surface area contributed by atoms with Crippen LogP contribution in [-0.2, 0) is 4.74 Å². The average Bonchev–Trinajstić information content (AvgIpc) is 2.43. The van der Waals surface area contributed by atoms with E-state index in [-0.39, 0.29) is 0 Å². The minimum absolute atomic E-state index is 0.345. The van der Waals surface area contributed by atoms with E-state index < -0.39 is 0 Å². The van der Waals surface area contributed by atoms with Crippen LogP contribution in [-0.4, -0.2) is 49.3 Å². The number of hydrogen-bond donors (Lipinski definition) is 1. The van der Waals surface area contributed by atoms with Gasteiger partial charge in [0, 0.05) is 44.4 Å². The van der Waals surface area contributed by atoms with Crippen LogP contribution < -0.4 is 5.32 Å². The van der Waals surface area contributed by atoms with Gasteiger partial charge in [0.25, 0.3) is 0 Å². The first-order valence-electron chi connectivity index (χ1n) is 7.78. The highest BCUT2D eigenvalue weighted by molar-refractivity contribution is 4.96. The van der Waals surface area contributed by atoms with Gasteiger partial charge in [0.05, 0.1) is 0 Å². The first kappa shape index (κ1) is 15.9. The van der Waals surface area contributed by atoms with Crippen LogP contribution in [0.25, 0.3) is 0 Å². The monoisotopic (exact) mass is 256 g/mol. The van der Waals surface area contributed by atoms with Crippen LogP contribution in [0, 0.1) is 0 Å². The van der Waals surface area contributed by atoms with E-state index in [2.05, 4.69) is 37.9 Å². The SMILES string of the molecule is CCOCCCN1CC(CC)(CC)NCC1CC. The Kier molecular flexibility index (Phi) is 7.20. The molecule has 0 bridgehead atoms. The van der Waals surface area contributed by atoms with Gasteiger partial charge >= 0.3 is 0 Å². The maximum Gasteiger partial charge on any atom is 0.0478 e. The second kappa shape index (κ2) is 8.13. The summed E-state index contributed by atoms with van der Waals surface area (Å²) in [5, 5.41) is 3.79. The molecule has 108 valence electrons. The number of hydrogen-bond acceptors (Lipinski definition) is 3. The molecule has 1 aliphatic rings. The van der Waals surface area contributed by atoms with Gasteiger partial charge in [0.1, 0.15) is 0 Å². The molecule has 3 nitrogen and oxygen atoms in total. The minimum atomic E-state index is 0.345. The van der Waals surface area contributed by atoms with Gasteiger partial charge < -0.3 is 10.1 Å². The Morgan fingerprint density at radius 3 is 2.50 bits per heavy atom. The molecule has 18 heavy (non-hydrogen) atoms. The van der Waals surface area contributed by atoms with Crippen LogP contribution in [0.1, 0.15) is 53.4 Å². The lowest BCUT2D eigenvalue weighted by Crippen LogP contribution is -2.63. The van der Waals surface area contributed by atoms with Crippen LogP contribution in [0.3, 0.4) is 0 Å². The lowest BCUT2D eigenvalue weighted by molar-refractivity contribution is 0.0579. The normalized spacial score (nSPS) is 24.3. The Bertz CT molecular complexity index is 217. The summed E-state index contributed by atoms with van der Waals surface area (Å²) in [6.07, 6.45) is 4.85. The van der Waals surface area contributed by atoms with Crippen molar-refractivity contribution in [1.29, 1.82) is 0 Å². The third-order valence-electron chi connectivity index (χ3n) is 4.50. The smallest absolute Gasteiger partial charge is 0.0478 e. The van der Waals surface area contributed by atoms with Crippen molar-refractivity contribution in [3.63, 3.8) is 0 Å². The largest absolute Gasteiger partial charge is 0.382 e. The summed E-state index contributed by atoms with van der Waals surface area (Å²) < 4.78 is 5.46. The molecule has 1 saturated heterocycles. The summed E-state index contributed by atoms with van der Waals surface area (Å²) in [4.78, 5) is 2.68. The Balaban J connectivity index is 2.48. The molecule has 0 aromatic heterocycles. The highest BCUT2D eigenvalue weighted by Gasteiger charge is 2.35. The Hall–Kier alpha value is -0.120. The quantitative estimate of drug-likeness (QED) is 0.676. The first-order chi connectivity index (χ1) is 8.71. The van der Waals surface area contributed by atoms with Crippen LogP contribution >= 0.6 is 0 Å². The van der Waals surface area contributed by atoms with Crippen molar-refractivity contribution in [3.05, 3.63) is 0 Å². The fraction of sp³-hybridized carbons (Fsp3) is 1.00. The van der Waals surface area contributed by atoms with E-state index in [4.69, 9.17) is 4.74 Å². The number of ether oxygens (including phenoxy) is 1. The fourth-order valence-corrected chi connectivity index (χ4v) is 2.94. The first-order valence-corrected chi connectivity index (χ1v) is 7.78. The zero-order valence-corrected chi connectivity index (χ0v) is 12.8. The second-order valence-electron chi connectivity index (χ2n) is 5.45. The molecule has 0 aliphatic carbocycles. The van der Waals surface area contributed by atoms with Gasteiger partial charge in [0.2, 0.25) is 0 Å². The lowest BCUT2D eigenvalue weighted by Gasteiger charge is -2.47. The van der Waals surface area contributed by atoms with E-state index in [0.717, 1.165) is 26.2 Å². The molecule has 1 unspecified atom stereocenters. The third kappa shape index (κ3) is 4.22. The van der Waals surface area contributed by atoms with Crippen molar-refractivity contribution in [2.45, 2.75) is 65.0 Å². The molecule has 0 aromatic rings. The Morgan fingerprint density at radius 2 is 1.94 bits per heavy atom. The van der Waals surface area contributed by atoms with Crippen molar-refractivity contribution in [1.82, 2.24) is 10.2 Å². The number of nitrogens with one attached hydrogen (secondary N) is 1. The van der Waals surface area contributed by atoms with Gasteiger partial charge in [-0.1, -0.05) is 20.8 Å². The number of rotatable bonds is 8. The zero-order valence-electron chi connectivity index (χ0n) is 12.8. The van der Waals surface area contributed by atoms with Gasteiger partial charge in [-0.25, -0.2) is 0 Å². The lowest BCUT2D eigenvalue weighted by atomic mass is 9.88. The van der Waals surface area contributed by atoms with Crippen molar-refractivity contribution < 1.29 is 4.74 Å². The van der Waals surface area contributed by atoms with Crippen molar-refractivity contribution in [3.8, 4) is 0 Å². The summed E-state index contributed by atoms with van der Waals surface area (Å²) in [7, 11) is 0. The molecule has 0 radical (unpaired) electrons. The van der Waals surface area contributed by atoms with E-state index >= 15 is 0 Å². The minimum Gasteiger partial charge on any atom is -0.382 e. The van der Waals surface area contributed by atoms with E-state index in [9.17, 15) is 0 Å². The van der Waals surface area contributed by atoms with E-state index in [1.807, 2.05) is 0 Å². The number of nitrogens with zero attached hydrogens (tertiary/aromatic N) is 1. The summed E-state index contributed by atoms with van der Waals surface area (Å²) >= 11 is 0. The molecule has 0 amide bonds. The van der Waals surface area contributed by atoms with Crippen molar-refractivity contribution >= 4 is 0 Å². The summed E-state index contributed by atoms with van der Waals surface area (Å²) in [6.45, 7) is 14.3. The van der Waals surface area contributed by atoms with E-state index in [0.29, 0.717) is 11.6 Å². The van der Waals surface area contributed by atoms with Crippen LogP contribution in [0.4, 0.5) is 0 Å². The van der Waals surface area contributed by atoms with Crippen LogP contribution in [0.15, 0.2) is 0 Å². The summed E-state index contributed by atoms with van der Waals surface area (Å²) in [5.74, 6) is 0. The molecule has 0 spiro atoms. The molecule has 1 atom stereocenters. The van der Waals surface area contributed by atoms with Crippen LogP contribution in [0.2, 0.25) is 0 Å². The maximum atomic E-state index is 5.46. The Morgan fingerprint density at radius 1 is 1.22 bits per heavy atom. The standard InChI is InChI=1S/C15H32N2O/c1-5-14-12-16-15(6-2,7-3)13-17(14)10-9-11-18-8-4/h14,16H,5-13H2,1-4H3. The summed E-state index contributed by atoms with van der Waals surface area (Å²) in [5.41, 5.74) is 0.345. The fourth-order valence-electron chi connectivity index (χ4n) is 2.94. The molecule has 1 aliphatic heterocycles. The molecule has 3 heteroatoms. The third-order valence-corrected chi connectivity index (χ3v) is 4.50. The topological polar surface area (TPSA) is 24.5 Å². The van der Waals surface area contributed by atoms with Gasteiger partial charge in [-0.15, -0.1) is 0 Å². The molecular weight excluding hydrogens is 224 g/mol.